The summed E-state index contributed by atoms with van der Waals surface area (Å²) >= 11 is 0. The van der Waals surface area contributed by atoms with Gasteiger partial charge in [-0.3, -0.25) is 9.59 Å². The number of rotatable bonds is 2. The molecule has 2 amide bonds. The Morgan fingerprint density at radius 2 is 1.46 bits per heavy atom. The number of allylic oxidation sites excluding steroid dienone is 2. The van der Waals surface area contributed by atoms with Crippen LogP contribution in [0.15, 0.2) is 36.4 Å². The Balaban J connectivity index is 1.48. The number of hydrogen-bond acceptors (Lipinski definition) is 3. The Morgan fingerprint density at radius 1 is 0.846 bits per heavy atom. The Morgan fingerprint density at radius 3 is 2.15 bits per heavy atom. The molecule has 0 N–H and O–H groups in total. The van der Waals surface area contributed by atoms with Crippen molar-refractivity contribution in [3.63, 3.8) is 0 Å². The smallest absolute Gasteiger partial charge is 0.227 e. The lowest BCUT2D eigenvalue weighted by Gasteiger charge is -2.37. The Hall–Kier alpha value is -2.14. The van der Waals surface area contributed by atoms with Gasteiger partial charge in [0.15, 0.2) is 0 Å². The van der Waals surface area contributed by atoms with Crippen molar-refractivity contribution < 1.29 is 14.3 Å². The topological polar surface area (TPSA) is 49.9 Å². The Kier molecular flexibility index (Phi) is 5.07. The summed E-state index contributed by atoms with van der Waals surface area (Å²) in [5, 5.41) is 0. The number of hydrogen-bond donors (Lipinski definition) is 0. The van der Waals surface area contributed by atoms with E-state index in [0.29, 0.717) is 45.7 Å². The fourth-order valence-electron chi connectivity index (χ4n) is 4.30. The lowest BCUT2D eigenvalue weighted by atomic mass is 9.80. The van der Waals surface area contributed by atoms with E-state index in [9.17, 15) is 9.59 Å². The fourth-order valence-corrected chi connectivity index (χ4v) is 4.30. The van der Waals surface area contributed by atoms with Gasteiger partial charge in [0.2, 0.25) is 11.8 Å². The Bertz CT molecular complexity index is 709. The van der Waals surface area contributed by atoms with Crippen LogP contribution < -0.4 is 0 Å². The number of ether oxygens (including phenoxy) is 1. The third-order valence-corrected chi connectivity index (χ3v) is 5.83. The van der Waals surface area contributed by atoms with Crippen LogP contribution >= 0.6 is 0 Å². The summed E-state index contributed by atoms with van der Waals surface area (Å²) in [5.41, 5.74) is 2.57. The van der Waals surface area contributed by atoms with Crippen molar-refractivity contribution in [1.82, 2.24) is 9.80 Å². The van der Waals surface area contributed by atoms with Crippen LogP contribution in [0.5, 0.6) is 0 Å². The van der Waals surface area contributed by atoms with Gasteiger partial charge in [-0.1, -0.05) is 36.4 Å². The molecule has 0 aromatic heterocycles. The zero-order chi connectivity index (χ0) is 17.9. The van der Waals surface area contributed by atoms with E-state index in [4.69, 9.17) is 4.74 Å². The van der Waals surface area contributed by atoms with Gasteiger partial charge in [-0.05, 0) is 30.4 Å². The van der Waals surface area contributed by atoms with Gasteiger partial charge in [-0.2, -0.15) is 0 Å². The standard InChI is InChI=1S/C21H26N2O3/c24-20(22-11-13-26-14-12-22)18-7-3-4-8-19(18)21(25)23-10-9-16-5-1-2-6-17(16)15-23/h1-6,18-19H,7-15H2. The van der Waals surface area contributed by atoms with Gasteiger partial charge >= 0.3 is 0 Å². The summed E-state index contributed by atoms with van der Waals surface area (Å²) in [7, 11) is 0. The number of nitrogens with zero attached hydrogens (tertiary/aromatic N) is 2. The molecule has 26 heavy (non-hydrogen) atoms. The molecular formula is C21H26N2O3. The quantitative estimate of drug-likeness (QED) is 0.764. The van der Waals surface area contributed by atoms with E-state index in [0.717, 1.165) is 13.0 Å². The molecule has 138 valence electrons. The summed E-state index contributed by atoms with van der Waals surface area (Å²) in [6.07, 6.45) is 6.34. The van der Waals surface area contributed by atoms with Crippen molar-refractivity contribution in [3.05, 3.63) is 47.5 Å². The zero-order valence-electron chi connectivity index (χ0n) is 15.1. The molecule has 5 heteroatoms. The van der Waals surface area contributed by atoms with Crippen LogP contribution in [-0.2, 0) is 27.3 Å². The van der Waals surface area contributed by atoms with Crippen LogP contribution in [0.4, 0.5) is 0 Å². The van der Waals surface area contributed by atoms with Crippen LogP contribution in [0.1, 0.15) is 24.0 Å². The predicted octanol–water partition coefficient (Wildman–Crippen LogP) is 2.01. The van der Waals surface area contributed by atoms with E-state index < -0.39 is 0 Å². The second-order valence-corrected chi connectivity index (χ2v) is 7.37. The number of amides is 2. The molecule has 0 radical (unpaired) electrons. The SMILES string of the molecule is O=C(C1CC=CCC1C(=O)N1CCc2ccccc2C1)N1CCOCC1. The molecule has 4 rings (SSSR count). The molecule has 1 aliphatic carbocycles. The maximum atomic E-state index is 13.3. The average Bonchev–Trinajstić information content (AvgIpc) is 2.73. The number of benzene rings is 1. The van der Waals surface area contributed by atoms with Crippen LogP contribution in [0.2, 0.25) is 0 Å². The molecule has 5 nitrogen and oxygen atoms in total. The third-order valence-electron chi connectivity index (χ3n) is 5.83. The van der Waals surface area contributed by atoms with Crippen molar-refractivity contribution in [3.8, 4) is 0 Å². The van der Waals surface area contributed by atoms with Crippen LogP contribution in [0, 0.1) is 11.8 Å². The lowest BCUT2D eigenvalue weighted by molar-refractivity contribution is -0.149. The summed E-state index contributed by atoms with van der Waals surface area (Å²) in [6.45, 7) is 3.86. The molecule has 3 aliphatic rings. The first-order valence-corrected chi connectivity index (χ1v) is 9.61. The van der Waals surface area contributed by atoms with Crippen molar-refractivity contribution in [2.45, 2.75) is 25.8 Å². The van der Waals surface area contributed by atoms with Gasteiger partial charge < -0.3 is 14.5 Å². The maximum absolute atomic E-state index is 13.3. The molecule has 1 saturated heterocycles. The molecule has 1 fully saturated rings. The van der Waals surface area contributed by atoms with Gasteiger partial charge in [0.25, 0.3) is 0 Å². The highest BCUT2D eigenvalue weighted by molar-refractivity contribution is 5.88. The minimum Gasteiger partial charge on any atom is -0.378 e. The Labute approximate surface area is 154 Å². The highest BCUT2D eigenvalue weighted by atomic mass is 16.5. The largest absolute Gasteiger partial charge is 0.378 e. The molecule has 0 bridgehead atoms. The molecule has 1 aromatic carbocycles. The highest BCUT2D eigenvalue weighted by Crippen LogP contribution is 2.31. The van der Waals surface area contributed by atoms with E-state index in [-0.39, 0.29) is 23.7 Å². The van der Waals surface area contributed by atoms with Crippen molar-refractivity contribution in [2.75, 3.05) is 32.8 Å². The molecule has 2 unspecified atom stereocenters. The first-order chi connectivity index (χ1) is 12.7. The number of carbonyl (C=O) groups is 2. The second kappa shape index (κ2) is 7.62. The summed E-state index contributed by atoms with van der Waals surface area (Å²) in [4.78, 5) is 30.1. The predicted molar refractivity (Wildman–Crippen MR) is 98.3 cm³/mol. The monoisotopic (exact) mass is 354 g/mol. The highest BCUT2D eigenvalue weighted by Gasteiger charge is 2.39. The summed E-state index contributed by atoms with van der Waals surface area (Å²) in [5.74, 6) is -0.216. The van der Waals surface area contributed by atoms with Gasteiger partial charge in [0.1, 0.15) is 0 Å². The molecule has 1 aromatic rings. The number of carbonyl (C=O) groups excluding carboxylic acids is 2. The third kappa shape index (κ3) is 3.40. The normalized spacial score (nSPS) is 25.7. The first-order valence-electron chi connectivity index (χ1n) is 9.61. The summed E-state index contributed by atoms with van der Waals surface area (Å²) in [6, 6.07) is 8.33. The second-order valence-electron chi connectivity index (χ2n) is 7.37. The van der Waals surface area contributed by atoms with Gasteiger partial charge in [-0.15, -0.1) is 0 Å². The van der Waals surface area contributed by atoms with Gasteiger partial charge in [0.05, 0.1) is 25.0 Å². The van der Waals surface area contributed by atoms with Crippen molar-refractivity contribution >= 4 is 11.8 Å². The van der Waals surface area contributed by atoms with Crippen LogP contribution in [0.3, 0.4) is 0 Å². The van der Waals surface area contributed by atoms with Crippen LogP contribution in [0.25, 0.3) is 0 Å². The average molecular weight is 354 g/mol. The molecule has 0 saturated carbocycles. The van der Waals surface area contributed by atoms with E-state index in [1.54, 1.807) is 0 Å². The minimum absolute atomic E-state index is 0.119. The van der Waals surface area contributed by atoms with Crippen LogP contribution in [-0.4, -0.2) is 54.5 Å². The molecule has 2 heterocycles. The van der Waals surface area contributed by atoms with Gasteiger partial charge in [0, 0.05) is 26.2 Å². The lowest BCUT2D eigenvalue weighted by Crippen LogP contribution is -2.49. The van der Waals surface area contributed by atoms with Gasteiger partial charge in [-0.25, -0.2) is 0 Å². The van der Waals surface area contributed by atoms with E-state index >= 15 is 0 Å². The molecule has 0 spiro atoms. The molecular weight excluding hydrogens is 328 g/mol. The van der Waals surface area contributed by atoms with Crippen molar-refractivity contribution in [1.29, 1.82) is 0 Å². The maximum Gasteiger partial charge on any atom is 0.227 e. The van der Waals surface area contributed by atoms with Crippen molar-refractivity contribution in [2.24, 2.45) is 11.8 Å². The molecule has 2 atom stereocenters. The fraction of sp³-hybridized carbons (Fsp3) is 0.524. The minimum atomic E-state index is -0.236. The summed E-state index contributed by atoms with van der Waals surface area (Å²) < 4.78 is 5.36. The van der Waals surface area contributed by atoms with E-state index in [1.807, 2.05) is 15.9 Å². The zero-order valence-corrected chi connectivity index (χ0v) is 15.1. The molecule has 2 aliphatic heterocycles. The first kappa shape index (κ1) is 17.3. The van der Waals surface area contributed by atoms with E-state index in [2.05, 4.69) is 30.4 Å². The number of fused-ring (bicyclic) bond motifs is 1. The van der Waals surface area contributed by atoms with E-state index in [1.165, 1.54) is 11.1 Å². The number of morpholine rings is 1.